The number of carbonyl (C=O) groups excluding carboxylic acids is 1. The zero-order valence-corrected chi connectivity index (χ0v) is 15.6. The summed E-state index contributed by atoms with van der Waals surface area (Å²) in [4.78, 5) is 11.8. The number of ether oxygens (including phenoxy) is 1. The molecule has 5 nitrogen and oxygen atoms in total. The third kappa shape index (κ3) is 4.61. The van der Waals surface area contributed by atoms with Gasteiger partial charge in [0.15, 0.2) is 0 Å². The molecule has 27 heavy (non-hydrogen) atoms. The first-order chi connectivity index (χ1) is 13.0. The average Bonchev–Trinajstić information content (AvgIpc) is 2.73. The van der Waals surface area contributed by atoms with Crippen LogP contribution in [0.15, 0.2) is 83.8 Å². The fourth-order valence-electron chi connectivity index (χ4n) is 2.64. The van der Waals surface area contributed by atoms with Gasteiger partial charge in [-0.15, -0.1) is 0 Å². The van der Waals surface area contributed by atoms with E-state index >= 15 is 0 Å². The topological polar surface area (TPSA) is 72.5 Å². The zero-order valence-electron chi connectivity index (χ0n) is 14.8. The van der Waals surface area contributed by atoms with Crippen LogP contribution in [0.2, 0.25) is 0 Å². The van der Waals surface area contributed by atoms with E-state index in [1.165, 1.54) is 7.11 Å². The maximum atomic E-state index is 12.5. The highest BCUT2D eigenvalue weighted by Crippen LogP contribution is 2.21. The van der Waals surface area contributed by atoms with Gasteiger partial charge >= 0.3 is 5.97 Å². The molecule has 138 valence electrons. The van der Waals surface area contributed by atoms with Gasteiger partial charge in [0.2, 0.25) is 10.0 Å². The Morgan fingerprint density at radius 3 is 2.22 bits per heavy atom. The van der Waals surface area contributed by atoms with E-state index in [4.69, 9.17) is 0 Å². The number of hydrogen-bond acceptors (Lipinski definition) is 4. The smallest absolute Gasteiger partial charge is 0.337 e. The molecule has 0 radical (unpaired) electrons. The van der Waals surface area contributed by atoms with Crippen molar-refractivity contribution < 1.29 is 17.9 Å². The summed E-state index contributed by atoms with van der Waals surface area (Å²) >= 11 is 0. The second-order valence-corrected chi connectivity index (χ2v) is 7.67. The largest absolute Gasteiger partial charge is 0.465 e. The second-order valence-electron chi connectivity index (χ2n) is 5.91. The molecule has 0 atom stereocenters. The molecule has 0 saturated heterocycles. The van der Waals surface area contributed by atoms with Crippen LogP contribution in [-0.4, -0.2) is 21.5 Å². The minimum absolute atomic E-state index is 0.0770. The van der Waals surface area contributed by atoms with Gasteiger partial charge in [-0.05, 0) is 41.0 Å². The standard InChI is InChI=1S/C21H19NO4S/c1-26-21(23)19-9-5-6-16(14-19)15-22-27(24,25)20-12-10-18(11-13-20)17-7-3-2-4-8-17/h2-14,22H,15H2,1H3. The number of hydrogen-bond donors (Lipinski definition) is 1. The summed E-state index contributed by atoms with van der Waals surface area (Å²) in [5, 5.41) is 0. The number of rotatable bonds is 6. The van der Waals surface area contributed by atoms with Gasteiger partial charge in [0.1, 0.15) is 0 Å². The molecule has 6 heteroatoms. The molecule has 1 N–H and O–H groups in total. The minimum Gasteiger partial charge on any atom is -0.465 e. The Hall–Kier alpha value is -2.96. The minimum atomic E-state index is -3.66. The summed E-state index contributed by atoms with van der Waals surface area (Å²) in [7, 11) is -2.36. The van der Waals surface area contributed by atoms with Crippen molar-refractivity contribution in [1.82, 2.24) is 4.72 Å². The molecule has 0 amide bonds. The van der Waals surface area contributed by atoms with Crippen molar-refractivity contribution in [2.24, 2.45) is 0 Å². The van der Waals surface area contributed by atoms with Gasteiger partial charge in [-0.3, -0.25) is 0 Å². The van der Waals surface area contributed by atoms with E-state index in [0.717, 1.165) is 11.1 Å². The maximum absolute atomic E-state index is 12.5. The predicted molar refractivity (Wildman–Crippen MR) is 104 cm³/mol. The number of nitrogens with one attached hydrogen (secondary N) is 1. The van der Waals surface area contributed by atoms with Crippen molar-refractivity contribution in [3.05, 3.63) is 90.0 Å². The van der Waals surface area contributed by atoms with Gasteiger partial charge in [0.25, 0.3) is 0 Å². The number of benzene rings is 3. The predicted octanol–water partition coefficient (Wildman–Crippen LogP) is 3.62. The number of sulfonamides is 1. The van der Waals surface area contributed by atoms with Crippen molar-refractivity contribution in [1.29, 1.82) is 0 Å². The SMILES string of the molecule is COC(=O)c1cccc(CNS(=O)(=O)c2ccc(-c3ccccc3)cc2)c1. The van der Waals surface area contributed by atoms with E-state index < -0.39 is 16.0 Å². The van der Waals surface area contributed by atoms with Gasteiger partial charge in [-0.2, -0.15) is 0 Å². The average molecular weight is 381 g/mol. The molecule has 3 aromatic rings. The lowest BCUT2D eigenvalue weighted by atomic mass is 10.1. The van der Waals surface area contributed by atoms with Crippen LogP contribution >= 0.6 is 0 Å². The maximum Gasteiger partial charge on any atom is 0.337 e. The normalized spacial score (nSPS) is 11.1. The molecule has 0 spiro atoms. The van der Waals surface area contributed by atoms with Gasteiger partial charge in [-0.25, -0.2) is 17.9 Å². The summed E-state index contributed by atoms with van der Waals surface area (Å²) in [6.45, 7) is 0.0770. The van der Waals surface area contributed by atoms with Crippen LogP contribution in [-0.2, 0) is 21.3 Å². The van der Waals surface area contributed by atoms with Gasteiger partial charge in [-0.1, -0.05) is 54.6 Å². The van der Waals surface area contributed by atoms with E-state index in [0.29, 0.717) is 11.1 Å². The Morgan fingerprint density at radius 1 is 0.889 bits per heavy atom. The number of esters is 1. The van der Waals surface area contributed by atoms with Crippen LogP contribution in [0.1, 0.15) is 15.9 Å². The highest BCUT2D eigenvalue weighted by Gasteiger charge is 2.14. The third-order valence-electron chi connectivity index (χ3n) is 4.09. The molecule has 0 fully saturated rings. The Kier molecular flexibility index (Phi) is 5.69. The molecular weight excluding hydrogens is 362 g/mol. The molecule has 0 saturated carbocycles. The van der Waals surface area contributed by atoms with Crippen LogP contribution in [0.25, 0.3) is 11.1 Å². The molecule has 0 heterocycles. The quantitative estimate of drug-likeness (QED) is 0.662. The summed E-state index contributed by atoms with van der Waals surface area (Å²) in [6, 6.07) is 23.1. The first kappa shape index (κ1) is 18.8. The van der Waals surface area contributed by atoms with Crippen LogP contribution in [0.4, 0.5) is 0 Å². The lowest BCUT2D eigenvalue weighted by molar-refractivity contribution is 0.0600. The second kappa shape index (κ2) is 8.16. The van der Waals surface area contributed by atoms with Gasteiger partial charge in [0, 0.05) is 6.54 Å². The lowest BCUT2D eigenvalue weighted by Gasteiger charge is -2.09. The number of carbonyl (C=O) groups is 1. The highest BCUT2D eigenvalue weighted by molar-refractivity contribution is 7.89. The molecule has 0 aliphatic rings. The van der Waals surface area contributed by atoms with Crippen molar-refractivity contribution >= 4 is 16.0 Å². The van der Waals surface area contributed by atoms with Crippen LogP contribution in [0.3, 0.4) is 0 Å². The fraction of sp³-hybridized carbons (Fsp3) is 0.0952. The van der Waals surface area contributed by atoms with E-state index in [9.17, 15) is 13.2 Å². The van der Waals surface area contributed by atoms with E-state index in [1.807, 2.05) is 30.3 Å². The Bertz CT molecular complexity index is 1030. The molecule has 0 aromatic heterocycles. The molecule has 3 rings (SSSR count). The molecule has 0 unspecified atom stereocenters. The van der Waals surface area contributed by atoms with Gasteiger partial charge in [0.05, 0.1) is 17.6 Å². The highest BCUT2D eigenvalue weighted by atomic mass is 32.2. The Morgan fingerprint density at radius 2 is 1.56 bits per heavy atom. The van der Waals surface area contributed by atoms with Crippen LogP contribution < -0.4 is 4.72 Å². The van der Waals surface area contributed by atoms with E-state index in [2.05, 4.69) is 9.46 Å². The summed E-state index contributed by atoms with van der Waals surface area (Å²) < 4.78 is 32.3. The first-order valence-corrected chi connectivity index (χ1v) is 9.80. The van der Waals surface area contributed by atoms with Crippen LogP contribution in [0, 0.1) is 0 Å². The van der Waals surface area contributed by atoms with Crippen molar-refractivity contribution in [3.8, 4) is 11.1 Å². The van der Waals surface area contributed by atoms with Crippen molar-refractivity contribution in [2.75, 3.05) is 7.11 Å². The summed E-state index contributed by atoms with van der Waals surface area (Å²) in [6.07, 6.45) is 0. The Labute approximate surface area is 158 Å². The molecule has 0 aliphatic carbocycles. The Balaban J connectivity index is 1.73. The van der Waals surface area contributed by atoms with Gasteiger partial charge < -0.3 is 4.74 Å². The van der Waals surface area contributed by atoms with Crippen LogP contribution in [0.5, 0.6) is 0 Å². The monoisotopic (exact) mass is 381 g/mol. The molecule has 0 aliphatic heterocycles. The zero-order chi connectivity index (χ0) is 19.3. The van der Waals surface area contributed by atoms with E-state index in [-0.39, 0.29) is 11.4 Å². The first-order valence-electron chi connectivity index (χ1n) is 8.32. The fourth-order valence-corrected chi connectivity index (χ4v) is 3.66. The summed E-state index contributed by atoms with van der Waals surface area (Å²) in [5.41, 5.74) is 3.01. The lowest BCUT2D eigenvalue weighted by Crippen LogP contribution is -2.23. The molecular formula is C21H19NO4S. The third-order valence-corrected chi connectivity index (χ3v) is 5.50. The van der Waals surface area contributed by atoms with Crippen molar-refractivity contribution in [3.63, 3.8) is 0 Å². The summed E-state index contributed by atoms with van der Waals surface area (Å²) in [5.74, 6) is -0.462. The van der Waals surface area contributed by atoms with Crippen molar-refractivity contribution in [2.45, 2.75) is 11.4 Å². The van der Waals surface area contributed by atoms with E-state index in [1.54, 1.807) is 48.5 Å². The molecule has 3 aromatic carbocycles. The molecule has 0 bridgehead atoms. The number of methoxy groups -OCH3 is 1.